The Morgan fingerprint density at radius 1 is 1.16 bits per heavy atom. The number of aryl methyl sites for hydroxylation is 2. The van der Waals surface area contributed by atoms with Crippen LogP contribution in [0.4, 0.5) is 4.39 Å². The van der Waals surface area contributed by atoms with Gasteiger partial charge in [-0.2, -0.15) is 0 Å². The Kier molecular flexibility index (Phi) is 3.65. The zero-order valence-corrected chi connectivity index (χ0v) is 11.2. The maximum atomic E-state index is 14.2. The minimum Gasteiger partial charge on any atom is -0.494 e. The second kappa shape index (κ2) is 5.22. The molecule has 0 saturated carbocycles. The van der Waals surface area contributed by atoms with Gasteiger partial charge in [0, 0.05) is 11.1 Å². The van der Waals surface area contributed by atoms with E-state index in [1.54, 1.807) is 18.2 Å². The number of ether oxygens (including phenoxy) is 1. The molecule has 0 amide bonds. The third kappa shape index (κ3) is 2.36. The fraction of sp³-hybridized carbons (Fsp3) is 0.188. The van der Waals surface area contributed by atoms with Gasteiger partial charge in [0.1, 0.15) is 0 Å². The molecule has 2 rings (SSSR count). The maximum absolute atomic E-state index is 14.2. The molecule has 0 bridgehead atoms. The largest absolute Gasteiger partial charge is 0.494 e. The lowest BCUT2D eigenvalue weighted by molar-refractivity contribution is 0.112. The molecule has 2 aromatic carbocycles. The van der Waals surface area contributed by atoms with Gasteiger partial charge in [-0.25, -0.2) is 4.39 Å². The first kappa shape index (κ1) is 13.3. The van der Waals surface area contributed by atoms with Gasteiger partial charge >= 0.3 is 0 Å². The maximum Gasteiger partial charge on any atom is 0.172 e. The van der Waals surface area contributed by atoms with Crippen molar-refractivity contribution in [3.05, 3.63) is 52.8 Å². The van der Waals surface area contributed by atoms with Crippen molar-refractivity contribution in [2.45, 2.75) is 13.8 Å². The molecule has 0 saturated heterocycles. The quantitative estimate of drug-likeness (QED) is 0.780. The number of carbonyl (C=O) groups excluding carboxylic acids is 1. The Bertz CT molecular complexity index is 610. The summed E-state index contributed by atoms with van der Waals surface area (Å²) in [5, 5.41) is 0. The predicted molar refractivity (Wildman–Crippen MR) is 73.2 cm³/mol. The molecule has 0 radical (unpaired) electrons. The van der Waals surface area contributed by atoms with Crippen LogP contribution in [0.5, 0.6) is 5.75 Å². The molecule has 0 aromatic heterocycles. The molecule has 98 valence electrons. The molecule has 0 atom stereocenters. The number of benzene rings is 2. The Morgan fingerprint density at radius 3 is 2.32 bits per heavy atom. The molecule has 0 heterocycles. The molecular formula is C16H15FO2. The topological polar surface area (TPSA) is 26.3 Å². The normalized spacial score (nSPS) is 10.3. The summed E-state index contributed by atoms with van der Waals surface area (Å²) < 4.78 is 19.2. The van der Waals surface area contributed by atoms with Crippen molar-refractivity contribution in [2.24, 2.45) is 0 Å². The number of aldehydes is 1. The van der Waals surface area contributed by atoms with E-state index in [1.807, 2.05) is 26.0 Å². The number of carbonyl (C=O) groups is 1. The predicted octanol–water partition coefficient (Wildman–Crippen LogP) is 3.93. The summed E-state index contributed by atoms with van der Waals surface area (Å²) in [5.74, 6) is -0.171. The van der Waals surface area contributed by atoms with Crippen molar-refractivity contribution in [3.8, 4) is 16.9 Å². The van der Waals surface area contributed by atoms with Crippen LogP contribution in [0, 0.1) is 19.7 Å². The van der Waals surface area contributed by atoms with Crippen LogP contribution in [0.2, 0.25) is 0 Å². The van der Waals surface area contributed by atoms with Crippen LogP contribution in [0.15, 0.2) is 30.3 Å². The molecule has 0 unspecified atom stereocenters. The highest BCUT2D eigenvalue weighted by atomic mass is 19.1. The third-order valence-electron chi connectivity index (χ3n) is 3.21. The second-order valence-corrected chi connectivity index (χ2v) is 4.46. The van der Waals surface area contributed by atoms with Crippen molar-refractivity contribution >= 4 is 6.29 Å². The van der Waals surface area contributed by atoms with Gasteiger partial charge in [-0.05, 0) is 36.6 Å². The van der Waals surface area contributed by atoms with Crippen LogP contribution >= 0.6 is 0 Å². The highest BCUT2D eigenvalue weighted by Gasteiger charge is 2.12. The summed E-state index contributed by atoms with van der Waals surface area (Å²) in [7, 11) is 1.44. The van der Waals surface area contributed by atoms with Gasteiger partial charge in [-0.15, -0.1) is 0 Å². The van der Waals surface area contributed by atoms with E-state index in [9.17, 15) is 9.18 Å². The van der Waals surface area contributed by atoms with Gasteiger partial charge in [0.2, 0.25) is 0 Å². The summed E-state index contributed by atoms with van der Waals surface area (Å²) in [6.07, 6.45) is 0.830. The minimum atomic E-state index is -0.386. The van der Waals surface area contributed by atoms with Crippen LogP contribution in [0.25, 0.3) is 11.1 Å². The van der Waals surface area contributed by atoms with Crippen molar-refractivity contribution < 1.29 is 13.9 Å². The fourth-order valence-corrected chi connectivity index (χ4v) is 2.21. The highest BCUT2D eigenvalue weighted by molar-refractivity contribution is 5.82. The Hall–Kier alpha value is -2.16. The lowest BCUT2D eigenvalue weighted by atomic mass is 9.96. The van der Waals surface area contributed by atoms with Crippen LogP contribution in [-0.2, 0) is 0 Å². The summed E-state index contributed by atoms with van der Waals surface area (Å²) in [6.45, 7) is 3.69. The molecule has 0 fully saturated rings. The SMILES string of the molecule is COc1cccc(-c2cc(C)c(C=O)c(C)c2)c1F. The lowest BCUT2D eigenvalue weighted by Crippen LogP contribution is -1.95. The van der Waals surface area contributed by atoms with E-state index in [1.165, 1.54) is 7.11 Å². The molecule has 2 nitrogen and oxygen atoms in total. The molecule has 0 aliphatic rings. The van der Waals surface area contributed by atoms with E-state index in [2.05, 4.69) is 0 Å². The molecule has 2 aromatic rings. The fourth-order valence-electron chi connectivity index (χ4n) is 2.21. The first-order valence-electron chi connectivity index (χ1n) is 5.97. The molecule has 0 aliphatic heterocycles. The molecule has 0 aliphatic carbocycles. The molecule has 3 heteroatoms. The number of hydrogen-bond donors (Lipinski definition) is 0. The average molecular weight is 258 g/mol. The lowest BCUT2D eigenvalue weighted by Gasteiger charge is -2.11. The Balaban J connectivity index is 2.63. The first-order chi connectivity index (χ1) is 9.08. The molecule has 0 spiro atoms. The van der Waals surface area contributed by atoms with E-state index in [0.29, 0.717) is 11.1 Å². The number of rotatable bonds is 3. The van der Waals surface area contributed by atoms with Crippen LogP contribution in [0.1, 0.15) is 21.5 Å². The third-order valence-corrected chi connectivity index (χ3v) is 3.21. The first-order valence-corrected chi connectivity index (χ1v) is 5.97. The Morgan fingerprint density at radius 2 is 1.79 bits per heavy atom. The van der Waals surface area contributed by atoms with Crippen LogP contribution in [0.3, 0.4) is 0 Å². The van der Waals surface area contributed by atoms with Gasteiger partial charge < -0.3 is 4.74 Å². The van der Waals surface area contributed by atoms with E-state index in [0.717, 1.165) is 23.0 Å². The monoisotopic (exact) mass is 258 g/mol. The van der Waals surface area contributed by atoms with E-state index < -0.39 is 0 Å². The second-order valence-electron chi connectivity index (χ2n) is 4.46. The van der Waals surface area contributed by atoms with Crippen LogP contribution in [-0.4, -0.2) is 13.4 Å². The molecule has 0 N–H and O–H groups in total. The van der Waals surface area contributed by atoms with E-state index in [4.69, 9.17) is 4.74 Å². The van der Waals surface area contributed by atoms with Crippen molar-refractivity contribution in [1.29, 1.82) is 0 Å². The van der Waals surface area contributed by atoms with E-state index in [-0.39, 0.29) is 11.6 Å². The van der Waals surface area contributed by atoms with Crippen molar-refractivity contribution in [3.63, 3.8) is 0 Å². The zero-order chi connectivity index (χ0) is 14.0. The number of hydrogen-bond acceptors (Lipinski definition) is 2. The van der Waals surface area contributed by atoms with Gasteiger partial charge in [0.05, 0.1) is 7.11 Å². The van der Waals surface area contributed by atoms with Gasteiger partial charge in [0.25, 0.3) is 0 Å². The van der Waals surface area contributed by atoms with Gasteiger partial charge in [-0.3, -0.25) is 4.79 Å². The van der Waals surface area contributed by atoms with Gasteiger partial charge in [0.15, 0.2) is 17.9 Å². The number of methoxy groups -OCH3 is 1. The zero-order valence-electron chi connectivity index (χ0n) is 11.2. The standard InChI is InChI=1S/C16H15FO2/c1-10-7-12(8-11(2)14(10)9-18)13-5-4-6-15(19-3)16(13)17/h4-9H,1-3H3. The minimum absolute atomic E-state index is 0.215. The smallest absolute Gasteiger partial charge is 0.172 e. The van der Waals surface area contributed by atoms with Crippen molar-refractivity contribution in [1.82, 2.24) is 0 Å². The number of halogens is 1. The van der Waals surface area contributed by atoms with Gasteiger partial charge in [-0.1, -0.05) is 24.3 Å². The average Bonchev–Trinajstić information content (AvgIpc) is 2.38. The van der Waals surface area contributed by atoms with Crippen LogP contribution < -0.4 is 4.74 Å². The summed E-state index contributed by atoms with van der Waals surface area (Å²) >= 11 is 0. The van der Waals surface area contributed by atoms with E-state index >= 15 is 0 Å². The summed E-state index contributed by atoms with van der Waals surface area (Å²) in [5.41, 5.74) is 3.56. The molecule has 19 heavy (non-hydrogen) atoms. The van der Waals surface area contributed by atoms with Crippen molar-refractivity contribution in [2.75, 3.05) is 7.11 Å². The summed E-state index contributed by atoms with van der Waals surface area (Å²) in [6, 6.07) is 8.66. The molecular weight excluding hydrogens is 243 g/mol. The highest BCUT2D eigenvalue weighted by Crippen LogP contribution is 2.31. The Labute approximate surface area is 111 Å². The summed E-state index contributed by atoms with van der Waals surface area (Å²) in [4.78, 5) is 11.0.